The van der Waals surface area contributed by atoms with E-state index in [-0.39, 0.29) is 5.56 Å². The molecule has 0 fully saturated rings. The fourth-order valence-corrected chi connectivity index (χ4v) is 13.2. The average Bonchev–Trinajstić information content (AvgIpc) is 3.81. The van der Waals surface area contributed by atoms with Gasteiger partial charge in [-0.05, 0) is 93.8 Å². The summed E-state index contributed by atoms with van der Waals surface area (Å²) in [5.74, 6) is 0.576. The van der Waals surface area contributed by atoms with Gasteiger partial charge in [-0.25, -0.2) is 4.98 Å². The summed E-state index contributed by atoms with van der Waals surface area (Å²) in [7, 11) is -3.06. The van der Waals surface area contributed by atoms with Crippen LogP contribution in [0.15, 0.2) is 207 Å². The van der Waals surface area contributed by atoms with E-state index in [1.165, 1.54) is 20.7 Å². The second-order valence-electron chi connectivity index (χ2n) is 13.7. The van der Waals surface area contributed by atoms with Crippen molar-refractivity contribution in [3.8, 4) is 17.2 Å². The minimum atomic E-state index is -3.06. The summed E-state index contributed by atoms with van der Waals surface area (Å²) < 4.78 is 31.3. The van der Waals surface area contributed by atoms with Crippen LogP contribution in [0, 0.1) is 6.85 Å². The Morgan fingerprint density at radius 2 is 1.15 bits per heavy atom. The first-order chi connectivity index (χ1) is 27.9. The van der Waals surface area contributed by atoms with E-state index >= 15 is 0 Å². The molecule has 0 amide bonds. The molecule has 10 rings (SSSR count). The molecule has 4 nitrogen and oxygen atoms in total. The number of hydrogen-bond donors (Lipinski definition) is 0. The van der Waals surface area contributed by atoms with E-state index in [0.29, 0.717) is 5.82 Å². The number of nitrogens with zero attached hydrogens (tertiary/aromatic N) is 4. The van der Waals surface area contributed by atoms with Gasteiger partial charge in [-0.2, -0.15) is 9.13 Å². The molecule has 3 heterocycles. The molecule has 0 spiro atoms. The van der Waals surface area contributed by atoms with Gasteiger partial charge in [0.2, 0.25) is 0 Å². The lowest BCUT2D eigenvalue weighted by Crippen LogP contribution is -2.74. The van der Waals surface area contributed by atoms with Crippen LogP contribution in [0.1, 0.15) is 9.68 Å². The van der Waals surface area contributed by atoms with Crippen molar-refractivity contribution in [2.24, 2.45) is 0 Å². The molecule has 0 bridgehead atoms. The van der Waals surface area contributed by atoms with Crippen molar-refractivity contribution >= 4 is 61.7 Å². The highest BCUT2D eigenvalue weighted by Gasteiger charge is 2.42. The molecule has 0 N–H and O–H groups in total. The predicted molar refractivity (Wildman–Crippen MR) is 225 cm³/mol. The standard InChI is InChI=1S/C49H37N4Si/c1-36-30-31-50-49(32-36)53-45-25-12-11-24-43(45)44-29-28-42(34-48(44)53)54(39-19-7-3-8-20-39,40-21-9-4-10-22-40)41-23-15-18-38(33-41)52-35-51(37-16-5-2-6-17-37)46-26-13-14-27-47(46)52/h2-35H,1H3/q+1/i1D3. The summed E-state index contributed by atoms with van der Waals surface area (Å²) in [4.78, 5) is 4.78. The van der Waals surface area contributed by atoms with Gasteiger partial charge in [0.15, 0.2) is 19.1 Å². The Morgan fingerprint density at radius 3 is 1.91 bits per heavy atom. The summed E-state index contributed by atoms with van der Waals surface area (Å²) in [5, 5.41) is 7.13. The molecule has 10 aromatic rings. The summed E-state index contributed by atoms with van der Waals surface area (Å²) in [5.41, 5.74) is 6.62. The summed E-state index contributed by atoms with van der Waals surface area (Å²) >= 11 is 0. The number of para-hydroxylation sites is 4. The van der Waals surface area contributed by atoms with Crippen LogP contribution in [0.5, 0.6) is 0 Å². The molecule has 0 atom stereocenters. The number of pyridine rings is 1. The highest BCUT2D eigenvalue weighted by Crippen LogP contribution is 2.32. The number of imidazole rings is 1. The topological polar surface area (TPSA) is 26.6 Å². The maximum Gasteiger partial charge on any atom is 0.255 e. The van der Waals surface area contributed by atoms with Gasteiger partial charge in [-0.15, -0.1) is 0 Å². The first-order valence-corrected chi connectivity index (χ1v) is 20.2. The molecule has 0 radical (unpaired) electrons. The largest absolute Gasteiger partial charge is 0.294 e. The highest BCUT2D eigenvalue weighted by molar-refractivity contribution is 7.20. The average molecular weight is 713 g/mol. The first kappa shape index (κ1) is 28.7. The summed E-state index contributed by atoms with van der Waals surface area (Å²) in [6.07, 6.45) is 3.80. The second-order valence-corrected chi connectivity index (χ2v) is 17.5. The molecule has 5 heteroatoms. The quantitative estimate of drug-likeness (QED) is 0.0933. The Bertz CT molecular complexity index is 3030. The van der Waals surface area contributed by atoms with E-state index in [2.05, 4.69) is 190 Å². The van der Waals surface area contributed by atoms with Crippen molar-refractivity contribution in [2.75, 3.05) is 0 Å². The Kier molecular flexibility index (Phi) is 6.91. The highest BCUT2D eigenvalue weighted by atomic mass is 28.3. The third kappa shape index (κ3) is 5.05. The molecule has 256 valence electrons. The van der Waals surface area contributed by atoms with E-state index < -0.39 is 14.9 Å². The molecular weight excluding hydrogens is 673 g/mol. The van der Waals surface area contributed by atoms with Crippen molar-refractivity contribution in [3.05, 3.63) is 212 Å². The van der Waals surface area contributed by atoms with Gasteiger partial charge in [0.1, 0.15) is 17.2 Å². The molecule has 0 saturated carbocycles. The smallest absolute Gasteiger partial charge is 0.255 e. The molecular formula is C49H37N4Si+. The van der Waals surface area contributed by atoms with Crippen molar-refractivity contribution < 1.29 is 8.68 Å². The first-order valence-electron chi connectivity index (χ1n) is 19.7. The van der Waals surface area contributed by atoms with Gasteiger partial charge in [-0.1, -0.05) is 133 Å². The van der Waals surface area contributed by atoms with E-state index in [0.717, 1.165) is 44.2 Å². The van der Waals surface area contributed by atoms with Crippen LogP contribution in [-0.4, -0.2) is 22.2 Å². The van der Waals surface area contributed by atoms with Crippen molar-refractivity contribution in [2.45, 2.75) is 6.85 Å². The van der Waals surface area contributed by atoms with Gasteiger partial charge in [0.25, 0.3) is 6.33 Å². The monoisotopic (exact) mass is 712 g/mol. The lowest BCUT2D eigenvalue weighted by atomic mass is 10.1. The number of hydrogen-bond acceptors (Lipinski definition) is 1. The molecule has 3 aromatic heterocycles. The number of aromatic nitrogens is 4. The fraction of sp³-hybridized carbons (Fsp3) is 0.0204. The molecule has 0 aliphatic rings. The van der Waals surface area contributed by atoms with E-state index in [1.807, 2.05) is 12.1 Å². The fourth-order valence-electron chi connectivity index (χ4n) is 8.37. The van der Waals surface area contributed by atoms with Gasteiger partial charge in [-0.3, -0.25) is 4.57 Å². The Balaban J connectivity index is 1.27. The zero-order valence-electron chi connectivity index (χ0n) is 32.4. The zero-order valence-corrected chi connectivity index (χ0v) is 30.4. The lowest BCUT2D eigenvalue weighted by molar-refractivity contribution is -0.567. The third-order valence-corrected chi connectivity index (χ3v) is 15.5. The van der Waals surface area contributed by atoms with Crippen molar-refractivity contribution in [3.63, 3.8) is 0 Å². The molecule has 0 aliphatic heterocycles. The normalized spacial score (nSPS) is 12.9. The number of rotatable bonds is 7. The SMILES string of the molecule is [2H]C([2H])([2H])c1ccnc(-n2c3ccccc3c3ccc([Si](c4ccccc4)(c4ccccc4)c4cccc(-n5c[n+](-c6ccccc6)c6ccccc65)c4)cc32)c1. The van der Waals surface area contributed by atoms with Gasteiger partial charge >= 0.3 is 0 Å². The number of benzene rings is 7. The minimum absolute atomic E-state index is 0.259. The Labute approximate surface area is 319 Å². The van der Waals surface area contributed by atoms with Crippen LogP contribution in [0.4, 0.5) is 0 Å². The van der Waals surface area contributed by atoms with Crippen molar-refractivity contribution in [1.29, 1.82) is 0 Å². The van der Waals surface area contributed by atoms with Crippen LogP contribution in [0.3, 0.4) is 0 Å². The molecule has 0 saturated heterocycles. The number of fused-ring (bicyclic) bond motifs is 4. The Morgan fingerprint density at radius 1 is 0.519 bits per heavy atom. The zero-order chi connectivity index (χ0) is 38.6. The van der Waals surface area contributed by atoms with Gasteiger partial charge < -0.3 is 0 Å². The summed E-state index contributed by atoms with van der Waals surface area (Å²) in [6.45, 7) is -2.26. The second kappa shape index (κ2) is 13.0. The van der Waals surface area contributed by atoms with Crippen LogP contribution >= 0.6 is 0 Å². The van der Waals surface area contributed by atoms with Crippen molar-refractivity contribution in [1.82, 2.24) is 14.1 Å². The maximum absolute atomic E-state index is 8.19. The number of aryl methyl sites for hydroxylation is 1. The van der Waals surface area contributed by atoms with Crippen LogP contribution in [-0.2, 0) is 0 Å². The van der Waals surface area contributed by atoms with Crippen LogP contribution < -0.4 is 25.3 Å². The molecule has 0 aliphatic carbocycles. The van der Waals surface area contributed by atoms with E-state index in [4.69, 9.17) is 9.10 Å². The van der Waals surface area contributed by atoms with Gasteiger partial charge in [0, 0.05) is 21.1 Å². The van der Waals surface area contributed by atoms with Crippen LogP contribution in [0.25, 0.3) is 50.0 Å². The maximum atomic E-state index is 8.19. The van der Waals surface area contributed by atoms with E-state index in [9.17, 15) is 0 Å². The van der Waals surface area contributed by atoms with Crippen LogP contribution in [0.2, 0.25) is 0 Å². The lowest BCUT2D eigenvalue weighted by Gasteiger charge is -2.34. The molecule has 0 unspecified atom stereocenters. The molecule has 54 heavy (non-hydrogen) atoms. The third-order valence-electron chi connectivity index (χ3n) is 10.7. The van der Waals surface area contributed by atoms with Gasteiger partial charge in [0.05, 0.1) is 11.0 Å². The molecule has 7 aromatic carbocycles. The minimum Gasteiger partial charge on any atom is -0.294 e. The summed E-state index contributed by atoms with van der Waals surface area (Å²) in [6, 6.07) is 68.5. The predicted octanol–water partition coefficient (Wildman–Crippen LogP) is 8.09. The Hall–Kier alpha value is -6.82. The van der Waals surface area contributed by atoms with E-state index in [1.54, 1.807) is 18.3 Å².